The van der Waals surface area contributed by atoms with E-state index in [4.69, 9.17) is 11.1 Å². The molecule has 1 fully saturated rings. The third-order valence-corrected chi connectivity index (χ3v) is 7.04. The summed E-state index contributed by atoms with van der Waals surface area (Å²) in [4.78, 5) is 0. The van der Waals surface area contributed by atoms with Gasteiger partial charge in [0.1, 0.15) is 0 Å². The molecule has 0 radical (unpaired) electrons. The van der Waals surface area contributed by atoms with Crippen LogP contribution >= 0.6 is 23.5 Å². The molecule has 0 aliphatic carbocycles. The lowest BCUT2D eigenvalue weighted by Crippen LogP contribution is -2.28. The number of aryl methyl sites for hydroxylation is 2. The van der Waals surface area contributed by atoms with E-state index in [1.807, 2.05) is 23.5 Å². The monoisotopic (exact) mass is 294 g/mol. The molecule has 1 aromatic rings. The Morgan fingerprint density at radius 1 is 1.47 bits per heavy atom. The van der Waals surface area contributed by atoms with E-state index in [1.165, 1.54) is 16.7 Å². The van der Waals surface area contributed by atoms with Gasteiger partial charge in [0.05, 0.1) is 9.91 Å². The van der Waals surface area contributed by atoms with Gasteiger partial charge in [0.25, 0.3) is 0 Å². The molecule has 0 amide bonds. The van der Waals surface area contributed by atoms with Gasteiger partial charge in [-0.1, -0.05) is 30.7 Å². The first kappa shape index (κ1) is 14.8. The first-order valence-corrected chi connectivity index (χ1v) is 8.47. The quantitative estimate of drug-likeness (QED) is 0.657. The van der Waals surface area contributed by atoms with E-state index in [9.17, 15) is 0 Å². The molecular formula is C15H22N2S2. The fraction of sp³-hybridized carbons (Fsp3) is 0.533. The van der Waals surface area contributed by atoms with Crippen LogP contribution in [0.3, 0.4) is 0 Å². The fourth-order valence-corrected chi connectivity index (χ4v) is 6.29. The van der Waals surface area contributed by atoms with Crippen LogP contribution in [0.1, 0.15) is 30.0 Å². The molecule has 3 N–H and O–H groups in total. The van der Waals surface area contributed by atoms with Gasteiger partial charge in [-0.25, -0.2) is 0 Å². The van der Waals surface area contributed by atoms with Gasteiger partial charge in [-0.2, -0.15) is 0 Å². The molecule has 0 spiro atoms. The zero-order chi connectivity index (χ0) is 14.0. The number of nitrogens with two attached hydrogens (primary N) is 1. The van der Waals surface area contributed by atoms with Gasteiger partial charge in [-0.05, 0) is 31.4 Å². The molecule has 2 atom stereocenters. The summed E-state index contributed by atoms with van der Waals surface area (Å²) in [6.07, 6.45) is 1.68. The summed E-state index contributed by atoms with van der Waals surface area (Å²) in [6.45, 7) is 6.57. The summed E-state index contributed by atoms with van der Waals surface area (Å²) in [6, 6.07) is 6.65. The summed E-state index contributed by atoms with van der Waals surface area (Å²) < 4.78 is 0.0608. The number of amidine groups is 1. The van der Waals surface area contributed by atoms with Crippen LogP contribution in [0.5, 0.6) is 0 Å². The Balaban J connectivity index is 2.23. The molecule has 0 saturated carbocycles. The minimum absolute atomic E-state index is 0.0608. The summed E-state index contributed by atoms with van der Waals surface area (Å²) in [5.41, 5.74) is 9.72. The number of thioether (sulfide) groups is 2. The van der Waals surface area contributed by atoms with E-state index >= 15 is 0 Å². The van der Waals surface area contributed by atoms with E-state index in [0.29, 0.717) is 17.5 Å². The SMILES string of the molecule is Cc1ccc(CC2(CC(=N)N)SCC(C)S2)c(C)c1. The van der Waals surface area contributed by atoms with Gasteiger partial charge in [0.2, 0.25) is 0 Å². The Hall–Kier alpha value is -0.610. The van der Waals surface area contributed by atoms with E-state index < -0.39 is 0 Å². The highest BCUT2D eigenvalue weighted by molar-refractivity contribution is 8.21. The molecule has 4 heteroatoms. The van der Waals surface area contributed by atoms with Crippen molar-refractivity contribution in [2.45, 2.75) is 42.9 Å². The van der Waals surface area contributed by atoms with Crippen molar-refractivity contribution >= 4 is 29.4 Å². The smallest absolute Gasteiger partial charge is 0.0928 e. The van der Waals surface area contributed by atoms with Crippen molar-refractivity contribution in [3.05, 3.63) is 34.9 Å². The number of hydrogen-bond donors (Lipinski definition) is 2. The average Bonchev–Trinajstić information content (AvgIpc) is 2.63. The topological polar surface area (TPSA) is 49.9 Å². The summed E-state index contributed by atoms with van der Waals surface area (Å²) >= 11 is 3.97. The third kappa shape index (κ3) is 3.69. The first-order chi connectivity index (χ1) is 8.90. The van der Waals surface area contributed by atoms with Gasteiger partial charge in [-0.3, -0.25) is 5.41 Å². The van der Waals surface area contributed by atoms with Crippen LogP contribution in [0, 0.1) is 19.3 Å². The highest BCUT2D eigenvalue weighted by Gasteiger charge is 2.40. The number of nitrogens with one attached hydrogen (secondary N) is 1. The Morgan fingerprint density at radius 2 is 2.21 bits per heavy atom. The minimum atomic E-state index is 0.0608. The van der Waals surface area contributed by atoms with Crippen LogP contribution in [0.15, 0.2) is 18.2 Å². The van der Waals surface area contributed by atoms with Crippen LogP contribution in [0.4, 0.5) is 0 Å². The number of benzene rings is 1. The van der Waals surface area contributed by atoms with Crippen molar-refractivity contribution in [3.8, 4) is 0 Å². The van der Waals surface area contributed by atoms with Gasteiger partial charge in [0, 0.05) is 17.4 Å². The highest BCUT2D eigenvalue weighted by Crippen LogP contribution is 2.52. The van der Waals surface area contributed by atoms with Crippen molar-refractivity contribution in [3.63, 3.8) is 0 Å². The lowest BCUT2D eigenvalue weighted by Gasteiger charge is -2.28. The number of rotatable bonds is 4. The molecule has 104 valence electrons. The summed E-state index contributed by atoms with van der Waals surface area (Å²) in [7, 11) is 0. The second-order valence-electron chi connectivity index (χ2n) is 5.46. The van der Waals surface area contributed by atoms with Crippen LogP contribution in [-0.2, 0) is 6.42 Å². The zero-order valence-electron chi connectivity index (χ0n) is 11.8. The molecule has 0 aromatic heterocycles. The van der Waals surface area contributed by atoms with Gasteiger partial charge in [-0.15, -0.1) is 23.5 Å². The predicted octanol–water partition coefficient (Wildman–Crippen LogP) is 3.74. The van der Waals surface area contributed by atoms with Crippen molar-refractivity contribution < 1.29 is 0 Å². The maximum atomic E-state index is 7.65. The Morgan fingerprint density at radius 3 is 2.74 bits per heavy atom. The molecule has 1 saturated heterocycles. The van der Waals surface area contributed by atoms with Crippen molar-refractivity contribution in [2.24, 2.45) is 5.73 Å². The predicted molar refractivity (Wildman–Crippen MR) is 88.4 cm³/mol. The van der Waals surface area contributed by atoms with E-state index in [1.54, 1.807) is 0 Å². The second kappa shape index (κ2) is 5.80. The molecule has 19 heavy (non-hydrogen) atoms. The van der Waals surface area contributed by atoms with Crippen molar-refractivity contribution in [2.75, 3.05) is 5.75 Å². The molecule has 2 nitrogen and oxygen atoms in total. The first-order valence-electron chi connectivity index (χ1n) is 6.61. The largest absolute Gasteiger partial charge is 0.388 e. The lowest BCUT2D eigenvalue weighted by atomic mass is 10.00. The van der Waals surface area contributed by atoms with E-state index in [0.717, 1.165) is 12.2 Å². The molecule has 2 unspecified atom stereocenters. The maximum absolute atomic E-state index is 7.65. The van der Waals surface area contributed by atoms with Crippen molar-refractivity contribution in [1.29, 1.82) is 5.41 Å². The molecule has 1 aliphatic rings. The van der Waals surface area contributed by atoms with E-state index in [2.05, 4.69) is 39.0 Å². The van der Waals surface area contributed by atoms with E-state index in [-0.39, 0.29) is 4.08 Å². The second-order valence-corrected chi connectivity index (χ2v) is 8.94. The normalized spacial score (nSPS) is 26.6. The van der Waals surface area contributed by atoms with Crippen LogP contribution in [0.25, 0.3) is 0 Å². The minimum Gasteiger partial charge on any atom is -0.388 e. The van der Waals surface area contributed by atoms with Crippen molar-refractivity contribution in [1.82, 2.24) is 0 Å². The standard InChI is InChI=1S/C15H22N2S2/c1-10-4-5-13(11(2)6-10)7-15(8-14(16)17)18-9-12(3)19-15/h4-6,12H,7-9H2,1-3H3,(H3,16,17). The highest BCUT2D eigenvalue weighted by atomic mass is 32.2. The molecule has 1 aliphatic heterocycles. The Labute approximate surface area is 124 Å². The Kier molecular flexibility index (Phi) is 4.51. The number of hydrogen-bond acceptors (Lipinski definition) is 3. The molecule has 0 bridgehead atoms. The molecule has 1 heterocycles. The molecular weight excluding hydrogens is 272 g/mol. The van der Waals surface area contributed by atoms with Crippen LogP contribution in [-0.4, -0.2) is 20.9 Å². The third-order valence-electron chi connectivity index (χ3n) is 3.41. The fourth-order valence-electron chi connectivity index (χ4n) is 2.58. The summed E-state index contributed by atoms with van der Waals surface area (Å²) in [5.74, 6) is 1.46. The zero-order valence-corrected chi connectivity index (χ0v) is 13.5. The van der Waals surface area contributed by atoms with Crippen LogP contribution < -0.4 is 5.73 Å². The Bertz CT molecular complexity index is 487. The molecule has 2 rings (SSSR count). The van der Waals surface area contributed by atoms with Gasteiger partial charge >= 0.3 is 0 Å². The maximum Gasteiger partial charge on any atom is 0.0928 e. The van der Waals surface area contributed by atoms with Crippen LogP contribution in [0.2, 0.25) is 0 Å². The molecule has 1 aromatic carbocycles. The van der Waals surface area contributed by atoms with Gasteiger partial charge < -0.3 is 5.73 Å². The average molecular weight is 294 g/mol. The van der Waals surface area contributed by atoms with Gasteiger partial charge in [0.15, 0.2) is 0 Å². The lowest BCUT2D eigenvalue weighted by molar-refractivity contribution is 0.820. The summed E-state index contributed by atoms with van der Waals surface area (Å²) in [5, 5.41) is 8.30.